The summed E-state index contributed by atoms with van der Waals surface area (Å²) in [5, 5.41) is 12.3. The number of anilines is 1. The summed E-state index contributed by atoms with van der Waals surface area (Å²) in [5.74, 6) is 0.302. The highest BCUT2D eigenvalue weighted by atomic mass is 16.5. The number of rotatable bonds is 7. The predicted molar refractivity (Wildman–Crippen MR) is 122 cm³/mol. The minimum atomic E-state index is -0.489. The fourth-order valence-corrected chi connectivity index (χ4v) is 3.47. The molecule has 2 aromatic carbocycles. The van der Waals surface area contributed by atoms with Crippen LogP contribution in [0, 0.1) is 25.2 Å². The number of hydrogen-bond donors (Lipinski definition) is 1. The van der Waals surface area contributed by atoms with Gasteiger partial charge in [-0.3, -0.25) is 9.59 Å². The van der Waals surface area contributed by atoms with Crippen molar-refractivity contribution in [3.63, 3.8) is 0 Å². The molecule has 1 aliphatic rings. The summed E-state index contributed by atoms with van der Waals surface area (Å²) in [4.78, 5) is 26.6. The summed E-state index contributed by atoms with van der Waals surface area (Å²) in [7, 11) is 1.50. The van der Waals surface area contributed by atoms with Crippen LogP contribution in [0.25, 0.3) is 6.08 Å². The van der Waals surface area contributed by atoms with E-state index in [1.165, 1.54) is 13.2 Å². The normalized spacial score (nSPS) is 13.4. The van der Waals surface area contributed by atoms with Gasteiger partial charge in [0.05, 0.1) is 7.11 Å². The number of carbonyl (C=O) groups excluding carboxylic acids is 2. The topological polar surface area (TPSA) is 91.7 Å². The van der Waals surface area contributed by atoms with Crippen LogP contribution in [0.5, 0.6) is 11.5 Å². The largest absolute Gasteiger partial charge is 0.493 e. The van der Waals surface area contributed by atoms with Crippen LogP contribution in [0.15, 0.2) is 42.0 Å². The van der Waals surface area contributed by atoms with Gasteiger partial charge in [0.2, 0.25) is 0 Å². The Hall–Kier alpha value is -3.79. The molecular weight excluding hydrogens is 406 g/mol. The molecule has 2 aromatic rings. The van der Waals surface area contributed by atoms with Gasteiger partial charge < -0.3 is 19.7 Å². The van der Waals surface area contributed by atoms with E-state index in [0.29, 0.717) is 22.7 Å². The first kappa shape index (κ1) is 22.9. The summed E-state index contributed by atoms with van der Waals surface area (Å²) in [6.07, 6.45) is 3.53. The Kier molecular flexibility index (Phi) is 7.50. The van der Waals surface area contributed by atoms with E-state index >= 15 is 0 Å². The molecule has 1 saturated heterocycles. The highest BCUT2D eigenvalue weighted by molar-refractivity contribution is 6.10. The third kappa shape index (κ3) is 5.67. The van der Waals surface area contributed by atoms with Crippen molar-refractivity contribution in [2.24, 2.45) is 0 Å². The fourth-order valence-electron chi connectivity index (χ4n) is 3.47. The number of hydrogen-bond acceptors (Lipinski definition) is 5. The molecule has 166 valence electrons. The second-order valence-corrected chi connectivity index (χ2v) is 7.73. The van der Waals surface area contributed by atoms with Crippen molar-refractivity contribution in [2.45, 2.75) is 26.7 Å². The van der Waals surface area contributed by atoms with E-state index in [0.717, 1.165) is 37.1 Å². The minimum Gasteiger partial charge on any atom is -0.493 e. The van der Waals surface area contributed by atoms with Gasteiger partial charge in [-0.25, -0.2) is 0 Å². The average molecular weight is 434 g/mol. The van der Waals surface area contributed by atoms with Crippen molar-refractivity contribution in [2.75, 3.05) is 32.1 Å². The molecule has 1 aliphatic heterocycles. The maximum absolute atomic E-state index is 12.6. The molecule has 1 heterocycles. The maximum Gasteiger partial charge on any atom is 0.266 e. The lowest BCUT2D eigenvalue weighted by atomic mass is 10.1. The molecule has 32 heavy (non-hydrogen) atoms. The maximum atomic E-state index is 12.6. The Labute approximate surface area is 188 Å². The van der Waals surface area contributed by atoms with Crippen molar-refractivity contribution in [1.82, 2.24) is 4.90 Å². The molecule has 0 atom stereocenters. The molecule has 0 saturated carbocycles. The molecule has 2 amide bonds. The van der Waals surface area contributed by atoms with Crippen LogP contribution >= 0.6 is 0 Å². The van der Waals surface area contributed by atoms with E-state index in [2.05, 4.69) is 5.32 Å². The number of aryl methyl sites for hydroxylation is 2. The summed E-state index contributed by atoms with van der Waals surface area (Å²) in [5.41, 5.74) is 3.16. The highest BCUT2D eigenvalue weighted by Crippen LogP contribution is 2.29. The second-order valence-electron chi connectivity index (χ2n) is 7.73. The molecule has 0 unspecified atom stereocenters. The molecule has 7 heteroatoms. The molecule has 0 spiro atoms. The Morgan fingerprint density at radius 2 is 1.88 bits per heavy atom. The van der Waals surface area contributed by atoms with E-state index in [1.54, 1.807) is 23.1 Å². The molecule has 3 rings (SSSR count). The fraction of sp³-hybridized carbons (Fsp3) is 0.320. The van der Waals surface area contributed by atoms with Gasteiger partial charge >= 0.3 is 0 Å². The number of ether oxygens (including phenoxy) is 2. The first-order valence-electron chi connectivity index (χ1n) is 10.5. The zero-order chi connectivity index (χ0) is 23.1. The molecular formula is C25H27N3O4. The number of methoxy groups -OCH3 is 1. The summed E-state index contributed by atoms with van der Waals surface area (Å²) >= 11 is 0. The van der Waals surface area contributed by atoms with Crippen LogP contribution in [0.4, 0.5) is 5.69 Å². The monoisotopic (exact) mass is 433 g/mol. The van der Waals surface area contributed by atoms with Crippen molar-refractivity contribution >= 4 is 23.6 Å². The van der Waals surface area contributed by atoms with Gasteiger partial charge in [-0.1, -0.05) is 18.2 Å². The quantitative estimate of drug-likeness (QED) is 0.529. The Balaban J connectivity index is 1.72. The van der Waals surface area contributed by atoms with Gasteiger partial charge in [-0.05, 0) is 67.7 Å². The van der Waals surface area contributed by atoms with Crippen LogP contribution in [0.1, 0.15) is 29.5 Å². The van der Waals surface area contributed by atoms with Crippen LogP contribution in [0.2, 0.25) is 0 Å². The average Bonchev–Trinajstić information content (AvgIpc) is 3.33. The predicted octanol–water partition coefficient (Wildman–Crippen LogP) is 3.86. The Morgan fingerprint density at radius 3 is 2.56 bits per heavy atom. The van der Waals surface area contributed by atoms with Crippen LogP contribution in [-0.4, -0.2) is 43.5 Å². The molecule has 0 bridgehead atoms. The van der Waals surface area contributed by atoms with Crippen molar-refractivity contribution in [3.05, 3.63) is 58.7 Å². The smallest absolute Gasteiger partial charge is 0.266 e. The lowest BCUT2D eigenvalue weighted by Crippen LogP contribution is -2.32. The molecule has 0 aromatic heterocycles. The van der Waals surface area contributed by atoms with Crippen LogP contribution in [0.3, 0.4) is 0 Å². The first-order valence-corrected chi connectivity index (χ1v) is 10.5. The summed E-state index contributed by atoms with van der Waals surface area (Å²) < 4.78 is 11.0. The Bertz CT molecular complexity index is 1080. The molecule has 1 N–H and O–H groups in total. The molecule has 0 radical (unpaired) electrons. The standard InChI is InChI=1S/C25H27N3O4/c1-17-6-7-18(2)21(12-17)27-25(30)20(15-26)13-19-8-9-22(23(14-19)31-3)32-16-24(29)28-10-4-5-11-28/h6-9,12-14H,4-5,10-11,16H2,1-3H3,(H,27,30)/b20-13+. The lowest BCUT2D eigenvalue weighted by molar-refractivity contribution is -0.132. The van der Waals surface area contributed by atoms with Gasteiger partial charge in [0, 0.05) is 18.8 Å². The molecule has 0 aliphatic carbocycles. The molecule has 1 fully saturated rings. The number of nitriles is 1. The number of nitrogens with zero attached hydrogens (tertiary/aromatic N) is 2. The van der Waals surface area contributed by atoms with Crippen molar-refractivity contribution in [1.29, 1.82) is 5.26 Å². The first-order chi connectivity index (χ1) is 15.4. The SMILES string of the molecule is COc1cc(/C=C(\C#N)C(=O)Nc2cc(C)ccc2C)ccc1OCC(=O)N1CCCC1. The van der Waals surface area contributed by atoms with Crippen molar-refractivity contribution in [3.8, 4) is 17.6 Å². The minimum absolute atomic E-state index is 0.0363. The zero-order valence-electron chi connectivity index (χ0n) is 18.6. The second kappa shape index (κ2) is 10.5. The van der Waals surface area contributed by atoms with Gasteiger partial charge in [0.15, 0.2) is 18.1 Å². The number of nitrogens with one attached hydrogen (secondary N) is 1. The highest BCUT2D eigenvalue weighted by Gasteiger charge is 2.19. The third-order valence-electron chi connectivity index (χ3n) is 5.31. The number of carbonyl (C=O) groups is 2. The van der Waals surface area contributed by atoms with E-state index in [-0.39, 0.29) is 18.1 Å². The van der Waals surface area contributed by atoms with Crippen LogP contribution in [-0.2, 0) is 9.59 Å². The Morgan fingerprint density at radius 1 is 1.12 bits per heavy atom. The van der Waals surface area contributed by atoms with E-state index in [9.17, 15) is 14.9 Å². The van der Waals surface area contributed by atoms with E-state index in [1.807, 2.05) is 38.1 Å². The van der Waals surface area contributed by atoms with Gasteiger partial charge in [-0.15, -0.1) is 0 Å². The summed E-state index contributed by atoms with van der Waals surface area (Å²) in [6, 6.07) is 12.7. The zero-order valence-corrected chi connectivity index (χ0v) is 18.6. The van der Waals surface area contributed by atoms with Crippen molar-refractivity contribution < 1.29 is 19.1 Å². The van der Waals surface area contributed by atoms with Gasteiger partial charge in [0.1, 0.15) is 11.6 Å². The summed E-state index contributed by atoms with van der Waals surface area (Å²) in [6.45, 7) is 5.30. The van der Waals surface area contributed by atoms with Gasteiger partial charge in [-0.2, -0.15) is 5.26 Å². The van der Waals surface area contributed by atoms with E-state index in [4.69, 9.17) is 9.47 Å². The third-order valence-corrected chi connectivity index (χ3v) is 5.31. The lowest BCUT2D eigenvalue weighted by Gasteiger charge is -2.16. The number of amides is 2. The van der Waals surface area contributed by atoms with Crippen LogP contribution < -0.4 is 14.8 Å². The number of likely N-dealkylation sites (tertiary alicyclic amines) is 1. The van der Waals surface area contributed by atoms with Gasteiger partial charge in [0.25, 0.3) is 11.8 Å². The molecule has 7 nitrogen and oxygen atoms in total. The van der Waals surface area contributed by atoms with E-state index < -0.39 is 5.91 Å². The number of benzene rings is 2.